The van der Waals surface area contributed by atoms with Gasteiger partial charge in [-0.05, 0) is 23.8 Å². The second-order valence-electron chi connectivity index (χ2n) is 5.94. The number of thioether (sulfide) groups is 1. The highest BCUT2D eigenvalue weighted by atomic mass is 32.2. The van der Waals surface area contributed by atoms with E-state index in [1.807, 2.05) is 0 Å². The highest BCUT2D eigenvalue weighted by molar-refractivity contribution is 8.26. The number of methoxy groups -OCH3 is 3. The molecule has 146 valence electrons. The van der Waals surface area contributed by atoms with Crippen LogP contribution in [0.5, 0.6) is 17.2 Å². The number of hydrogen-bond acceptors (Lipinski definition) is 8. The standard InChI is InChI=1S/C18H22N2O5S2/c1-22-13-8-12(9-14(23-2)16(13)24-3)10-15-17(21)20(18(26)27-15)11-19-4-6-25-7-5-19/h8-10H,4-7,11H2,1-3H3/b15-10+. The van der Waals surface area contributed by atoms with E-state index in [4.69, 9.17) is 31.2 Å². The van der Waals surface area contributed by atoms with Crippen molar-refractivity contribution in [1.82, 2.24) is 9.80 Å². The van der Waals surface area contributed by atoms with Gasteiger partial charge in [-0.3, -0.25) is 14.6 Å². The molecular weight excluding hydrogens is 388 g/mol. The zero-order valence-electron chi connectivity index (χ0n) is 15.5. The van der Waals surface area contributed by atoms with E-state index in [-0.39, 0.29) is 5.91 Å². The molecule has 2 aliphatic heterocycles. The van der Waals surface area contributed by atoms with E-state index in [1.54, 1.807) is 44.4 Å². The second-order valence-corrected chi connectivity index (χ2v) is 7.62. The minimum atomic E-state index is -0.0924. The molecule has 3 rings (SSSR count). The molecule has 0 radical (unpaired) electrons. The summed E-state index contributed by atoms with van der Waals surface area (Å²) in [4.78, 5) is 17.2. The third-order valence-corrected chi connectivity index (χ3v) is 5.68. The molecule has 0 aliphatic carbocycles. The Hall–Kier alpha value is -1.81. The highest BCUT2D eigenvalue weighted by Gasteiger charge is 2.33. The summed E-state index contributed by atoms with van der Waals surface area (Å²) in [6.45, 7) is 3.43. The molecular formula is C18H22N2O5S2. The summed E-state index contributed by atoms with van der Waals surface area (Å²) in [5.41, 5.74) is 0.774. The van der Waals surface area contributed by atoms with Crippen LogP contribution in [-0.4, -0.2) is 74.3 Å². The van der Waals surface area contributed by atoms with Crippen molar-refractivity contribution in [2.45, 2.75) is 0 Å². The van der Waals surface area contributed by atoms with Crippen LogP contribution in [0.3, 0.4) is 0 Å². The predicted octanol–water partition coefficient (Wildman–Crippen LogP) is 2.20. The van der Waals surface area contributed by atoms with Crippen LogP contribution in [0.1, 0.15) is 5.56 Å². The minimum Gasteiger partial charge on any atom is -0.493 e. The Morgan fingerprint density at radius 2 is 1.78 bits per heavy atom. The van der Waals surface area contributed by atoms with E-state index in [1.165, 1.54) is 11.8 Å². The Kier molecular flexibility index (Phi) is 6.59. The van der Waals surface area contributed by atoms with E-state index < -0.39 is 0 Å². The van der Waals surface area contributed by atoms with E-state index >= 15 is 0 Å². The minimum absolute atomic E-state index is 0.0924. The van der Waals surface area contributed by atoms with E-state index in [9.17, 15) is 4.79 Å². The number of carbonyl (C=O) groups excluding carboxylic acids is 1. The molecule has 0 aromatic heterocycles. The van der Waals surface area contributed by atoms with E-state index in [0.717, 1.165) is 18.7 Å². The van der Waals surface area contributed by atoms with E-state index in [0.29, 0.717) is 46.4 Å². The molecule has 2 fully saturated rings. The van der Waals surface area contributed by atoms with Gasteiger partial charge in [-0.1, -0.05) is 24.0 Å². The smallest absolute Gasteiger partial charge is 0.267 e. The van der Waals surface area contributed by atoms with Crippen LogP contribution in [0.15, 0.2) is 17.0 Å². The number of thiocarbonyl (C=S) groups is 1. The average Bonchev–Trinajstić information content (AvgIpc) is 2.95. The van der Waals surface area contributed by atoms with Crippen molar-refractivity contribution in [3.63, 3.8) is 0 Å². The number of benzene rings is 1. The zero-order valence-corrected chi connectivity index (χ0v) is 17.2. The number of amides is 1. The first-order valence-corrected chi connectivity index (χ1v) is 9.65. The van der Waals surface area contributed by atoms with Crippen LogP contribution in [0.4, 0.5) is 0 Å². The van der Waals surface area contributed by atoms with Crippen molar-refractivity contribution >= 4 is 40.3 Å². The van der Waals surface area contributed by atoms with Crippen LogP contribution in [0, 0.1) is 0 Å². The fourth-order valence-corrected chi connectivity index (χ4v) is 4.14. The van der Waals surface area contributed by atoms with Gasteiger partial charge in [-0.15, -0.1) is 0 Å². The molecule has 27 heavy (non-hydrogen) atoms. The lowest BCUT2D eigenvalue weighted by molar-refractivity contribution is -0.124. The molecule has 1 aromatic rings. The topological polar surface area (TPSA) is 60.5 Å². The first kappa shape index (κ1) is 19.9. The van der Waals surface area contributed by atoms with Gasteiger partial charge in [0, 0.05) is 13.1 Å². The Bertz CT molecular complexity index is 737. The zero-order chi connectivity index (χ0) is 19.4. The Morgan fingerprint density at radius 3 is 2.33 bits per heavy atom. The monoisotopic (exact) mass is 410 g/mol. The van der Waals surface area contributed by atoms with Crippen LogP contribution >= 0.6 is 24.0 Å². The van der Waals surface area contributed by atoms with Crippen molar-refractivity contribution in [3.05, 3.63) is 22.6 Å². The van der Waals surface area contributed by atoms with Gasteiger partial charge in [0.15, 0.2) is 11.5 Å². The number of rotatable bonds is 6. The first-order valence-electron chi connectivity index (χ1n) is 8.43. The van der Waals surface area contributed by atoms with Gasteiger partial charge in [0.25, 0.3) is 5.91 Å². The Morgan fingerprint density at radius 1 is 1.15 bits per heavy atom. The summed E-state index contributed by atoms with van der Waals surface area (Å²) in [5, 5.41) is 0. The highest BCUT2D eigenvalue weighted by Crippen LogP contribution is 2.40. The van der Waals surface area contributed by atoms with Gasteiger partial charge in [-0.25, -0.2) is 0 Å². The molecule has 0 unspecified atom stereocenters. The number of hydrogen-bond donors (Lipinski definition) is 0. The molecule has 0 bridgehead atoms. The van der Waals surface area contributed by atoms with Crippen molar-refractivity contribution < 1.29 is 23.7 Å². The number of carbonyl (C=O) groups is 1. The lowest BCUT2D eigenvalue weighted by Gasteiger charge is -2.29. The van der Waals surface area contributed by atoms with Crippen molar-refractivity contribution in [1.29, 1.82) is 0 Å². The Balaban J connectivity index is 1.82. The van der Waals surface area contributed by atoms with Crippen molar-refractivity contribution in [3.8, 4) is 17.2 Å². The second kappa shape index (κ2) is 8.92. The molecule has 1 amide bonds. The SMILES string of the molecule is COc1cc(/C=C2/SC(=S)N(CN3CCOCC3)C2=O)cc(OC)c1OC. The van der Waals surface area contributed by atoms with E-state index in [2.05, 4.69) is 4.90 Å². The quantitative estimate of drug-likeness (QED) is 0.523. The molecule has 0 atom stereocenters. The van der Waals surface area contributed by atoms with Crippen LogP contribution < -0.4 is 14.2 Å². The average molecular weight is 411 g/mol. The maximum Gasteiger partial charge on any atom is 0.267 e. The fraction of sp³-hybridized carbons (Fsp3) is 0.444. The number of nitrogens with zero attached hydrogens (tertiary/aromatic N) is 2. The molecule has 0 spiro atoms. The summed E-state index contributed by atoms with van der Waals surface area (Å²) in [7, 11) is 4.67. The van der Waals surface area contributed by atoms with Crippen LogP contribution in [0.2, 0.25) is 0 Å². The van der Waals surface area contributed by atoms with Crippen LogP contribution in [0.25, 0.3) is 6.08 Å². The summed E-state index contributed by atoms with van der Waals surface area (Å²) < 4.78 is 22.0. The molecule has 2 saturated heterocycles. The fourth-order valence-electron chi connectivity index (χ4n) is 2.90. The molecule has 1 aromatic carbocycles. The lowest BCUT2D eigenvalue weighted by atomic mass is 10.1. The summed E-state index contributed by atoms with van der Waals surface area (Å²) in [5.74, 6) is 1.49. The maximum absolute atomic E-state index is 12.8. The van der Waals surface area contributed by atoms with Crippen molar-refractivity contribution in [2.24, 2.45) is 0 Å². The molecule has 9 heteroatoms. The first-order chi connectivity index (χ1) is 13.1. The summed E-state index contributed by atoms with van der Waals surface area (Å²) >= 11 is 6.72. The lowest BCUT2D eigenvalue weighted by Crippen LogP contribution is -2.45. The van der Waals surface area contributed by atoms with Crippen molar-refractivity contribution in [2.75, 3.05) is 54.3 Å². The third kappa shape index (κ3) is 4.37. The van der Waals surface area contributed by atoms with Gasteiger partial charge in [0.1, 0.15) is 4.32 Å². The van der Waals surface area contributed by atoms with Crippen LogP contribution in [-0.2, 0) is 9.53 Å². The molecule has 0 N–H and O–H groups in total. The molecule has 2 heterocycles. The van der Waals surface area contributed by atoms with Gasteiger partial charge in [0.05, 0.1) is 46.1 Å². The maximum atomic E-state index is 12.8. The largest absolute Gasteiger partial charge is 0.493 e. The van der Waals surface area contributed by atoms with Gasteiger partial charge in [-0.2, -0.15) is 0 Å². The predicted molar refractivity (Wildman–Crippen MR) is 108 cm³/mol. The van der Waals surface area contributed by atoms with Gasteiger partial charge >= 0.3 is 0 Å². The number of morpholine rings is 1. The third-order valence-electron chi connectivity index (χ3n) is 4.30. The normalized spacial score (nSPS) is 19.7. The number of ether oxygens (including phenoxy) is 4. The summed E-state index contributed by atoms with van der Waals surface area (Å²) in [6.07, 6.45) is 1.79. The van der Waals surface area contributed by atoms with Gasteiger partial charge < -0.3 is 18.9 Å². The summed E-state index contributed by atoms with van der Waals surface area (Å²) in [6, 6.07) is 3.60. The Labute approximate surface area is 168 Å². The molecule has 7 nitrogen and oxygen atoms in total. The van der Waals surface area contributed by atoms with Gasteiger partial charge in [0.2, 0.25) is 5.75 Å². The molecule has 2 aliphatic rings. The molecule has 0 saturated carbocycles.